The minimum atomic E-state index is -0.164. The maximum atomic E-state index is 12.5. The Morgan fingerprint density at radius 3 is 2.57 bits per heavy atom. The van der Waals surface area contributed by atoms with Crippen LogP contribution >= 0.6 is 11.6 Å². The lowest BCUT2D eigenvalue weighted by molar-refractivity contribution is -0.131. The van der Waals surface area contributed by atoms with E-state index in [4.69, 9.17) is 16.1 Å². The van der Waals surface area contributed by atoms with Crippen LogP contribution in [0.5, 0.6) is 0 Å². The molecule has 3 rings (SSSR count). The molecule has 0 unspecified atom stereocenters. The van der Waals surface area contributed by atoms with Crippen molar-refractivity contribution in [2.45, 2.75) is 32.6 Å². The van der Waals surface area contributed by atoms with E-state index in [1.807, 2.05) is 4.90 Å². The molecule has 0 saturated carbocycles. The summed E-state index contributed by atoms with van der Waals surface area (Å²) in [5.41, 5.74) is 0.697. The van der Waals surface area contributed by atoms with Crippen LogP contribution in [0, 0.1) is 6.92 Å². The van der Waals surface area contributed by atoms with Gasteiger partial charge in [0.2, 0.25) is 11.8 Å². The molecule has 1 aliphatic heterocycles. The largest absolute Gasteiger partial charge is 0.341 e. The zero-order chi connectivity index (χ0) is 19.9. The average Bonchev–Trinajstić information content (AvgIpc) is 2.93. The molecule has 1 aromatic carbocycles. The molecule has 28 heavy (non-hydrogen) atoms. The highest BCUT2D eigenvalue weighted by atomic mass is 35.5. The van der Waals surface area contributed by atoms with Gasteiger partial charge in [-0.05, 0) is 44.0 Å². The van der Waals surface area contributed by atoms with Gasteiger partial charge in [0.15, 0.2) is 5.82 Å². The number of benzene rings is 1. The van der Waals surface area contributed by atoms with Gasteiger partial charge in [-0.1, -0.05) is 16.8 Å². The predicted octanol–water partition coefficient (Wildman–Crippen LogP) is 3.12. The van der Waals surface area contributed by atoms with Crippen LogP contribution in [-0.2, 0) is 11.2 Å². The fourth-order valence-electron chi connectivity index (χ4n) is 3.10. The normalized spacial score (nSPS) is 14.6. The van der Waals surface area contributed by atoms with Gasteiger partial charge >= 0.3 is 6.03 Å². The van der Waals surface area contributed by atoms with Crippen molar-refractivity contribution >= 4 is 29.2 Å². The van der Waals surface area contributed by atoms with Gasteiger partial charge < -0.3 is 19.6 Å². The van der Waals surface area contributed by atoms with Crippen LogP contribution in [0.15, 0.2) is 28.8 Å². The Morgan fingerprint density at radius 1 is 1.14 bits per heavy atom. The van der Waals surface area contributed by atoms with E-state index in [-0.39, 0.29) is 11.9 Å². The van der Waals surface area contributed by atoms with Gasteiger partial charge in [-0.25, -0.2) is 4.79 Å². The average molecular weight is 406 g/mol. The highest BCUT2D eigenvalue weighted by Crippen LogP contribution is 2.15. The van der Waals surface area contributed by atoms with Crippen molar-refractivity contribution in [2.75, 3.05) is 31.5 Å². The number of hydrogen-bond donors (Lipinski definition) is 1. The van der Waals surface area contributed by atoms with Crippen molar-refractivity contribution < 1.29 is 14.1 Å². The number of carbonyl (C=O) groups is 2. The van der Waals surface area contributed by atoms with Crippen molar-refractivity contribution in [1.82, 2.24) is 19.9 Å². The maximum absolute atomic E-state index is 12.5. The molecule has 150 valence electrons. The van der Waals surface area contributed by atoms with Crippen molar-refractivity contribution in [2.24, 2.45) is 0 Å². The second-order valence-corrected chi connectivity index (χ2v) is 7.18. The van der Waals surface area contributed by atoms with Gasteiger partial charge in [-0.2, -0.15) is 4.98 Å². The summed E-state index contributed by atoms with van der Waals surface area (Å²) in [5.74, 6) is 1.26. The van der Waals surface area contributed by atoms with Crippen LogP contribution in [0.1, 0.15) is 31.0 Å². The van der Waals surface area contributed by atoms with E-state index in [9.17, 15) is 9.59 Å². The summed E-state index contributed by atoms with van der Waals surface area (Å²) in [6.45, 7) is 4.08. The van der Waals surface area contributed by atoms with Gasteiger partial charge in [-0.3, -0.25) is 4.79 Å². The lowest BCUT2D eigenvalue weighted by Gasteiger charge is -2.22. The summed E-state index contributed by atoms with van der Waals surface area (Å²) in [4.78, 5) is 32.7. The fourth-order valence-corrected chi connectivity index (χ4v) is 3.22. The molecule has 0 aliphatic carbocycles. The summed E-state index contributed by atoms with van der Waals surface area (Å²) in [7, 11) is 0. The standard InChI is InChI=1S/C19H24ClN5O3/c1-14-21-17(28-23-14)4-2-5-18(26)24-10-3-11-25(13-12-24)19(27)22-16-8-6-15(20)7-9-16/h6-9H,2-5,10-13H2,1H3,(H,22,27). The van der Waals surface area contributed by atoms with Crippen LogP contribution in [0.2, 0.25) is 5.02 Å². The highest BCUT2D eigenvalue weighted by molar-refractivity contribution is 6.30. The van der Waals surface area contributed by atoms with Gasteiger partial charge in [0, 0.05) is 49.7 Å². The fraction of sp³-hybridized carbons (Fsp3) is 0.474. The number of anilines is 1. The van der Waals surface area contributed by atoms with Crippen molar-refractivity contribution in [3.05, 3.63) is 41.0 Å². The third kappa shape index (κ3) is 5.69. The summed E-state index contributed by atoms with van der Waals surface area (Å²) >= 11 is 5.86. The number of aryl methyl sites for hydroxylation is 2. The Balaban J connectivity index is 1.43. The van der Waals surface area contributed by atoms with E-state index in [0.717, 1.165) is 6.42 Å². The van der Waals surface area contributed by atoms with Crippen molar-refractivity contribution in [1.29, 1.82) is 0 Å². The number of carbonyl (C=O) groups excluding carboxylic acids is 2. The zero-order valence-electron chi connectivity index (χ0n) is 15.9. The van der Waals surface area contributed by atoms with Crippen molar-refractivity contribution in [3.63, 3.8) is 0 Å². The Kier molecular flexibility index (Phi) is 6.86. The SMILES string of the molecule is Cc1noc(CCCC(=O)N2CCCN(C(=O)Nc3ccc(Cl)cc3)CC2)n1. The van der Waals surface area contributed by atoms with E-state index in [0.29, 0.717) is 67.9 Å². The molecular weight excluding hydrogens is 382 g/mol. The second kappa shape index (κ2) is 9.54. The van der Waals surface area contributed by atoms with Gasteiger partial charge in [0.05, 0.1) is 0 Å². The Labute approximate surface area is 168 Å². The third-order valence-electron chi connectivity index (χ3n) is 4.58. The predicted molar refractivity (Wildman–Crippen MR) is 105 cm³/mol. The Morgan fingerprint density at radius 2 is 1.86 bits per heavy atom. The van der Waals surface area contributed by atoms with Crippen LogP contribution in [0.4, 0.5) is 10.5 Å². The molecule has 8 nitrogen and oxygen atoms in total. The van der Waals surface area contributed by atoms with Crippen LogP contribution in [0.25, 0.3) is 0 Å². The molecule has 1 saturated heterocycles. The lowest BCUT2D eigenvalue weighted by atomic mass is 10.2. The Bertz CT molecular complexity index is 808. The first-order chi connectivity index (χ1) is 13.5. The second-order valence-electron chi connectivity index (χ2n) is 6.75. The first kappa shape index (κ1) is 20.1. The van der Waals surface area contributed by atoms with E-state index < -0.39 is 0 Å². The van der Waals surface area contributed by atoms with Gasteiger partial charge in [0.25, 0.3) is 0 Å². The minimum Gasteiger partial charge on any atom is -0.341 e. The minimum absolute atomic E-state index is 0.0937. The first-order valence-corrected chi connectivity index (χ1v) is 9.77. The summed E-state index contributed by atoms with van der Waals surface area (Å²) < 4.78 is 5.06. The van der Waals surface area contributed by atoms with Crippen LogP contribution in [-0.4, -0.2) is 58.1 Å². The van der Waals surface area contributed by atoms with E-state index in [2.05, 4.69) is 15.5 Å². The molecule has 1 aliphatic rings. The quantitative estimate of drug-likeness (QED) is 0.825. The molecule has 2 heterocycles. The summed E-state index contributed by atoms with van der Waals surface area (Å²) in [5, 5.41) is 7.23. The van der Waals surface area contributed by atoms with E-state index in [1.165, 1.54) is 0 Å². The number of halogens is 1. The van der Waals surface area contributed by atoms with E-state index in [1.54, 1.807) is 36.1 Å². The summed E-state index contributed by atoms with van der Waals surface area (Å²) in [6, 6.07) is 6.83. The Hall–Kier alpha value is -2.61. The molecule has 0 radical (unpaired) electrons. The van der Waals surface area contributed by atoms with Crippen LogP contribution < -0.4 is 5.32 Å². The van der Waals surface area contributed by atoms with Crippen LogP contribution in [0.3, 0.4) is 0 Å². The molecule has 3 amide bonds. The molecule has 1 fully saturated rings. The molecule has 0 bridgehead atoms. The number of nitrogens with zero attached hydrogens (tertiary/aromatic N) is 4. The van der Waals surface area contributed by atoms with Crippen molar-refractivity contribution in [3.8, 4) is 0 Å². The topological polar surface area (TPSA) is 91.6 Å². The number of rotatable bonds is 5. The first-order valence-electron chi connectivity index (χ1n) is 9.40. The number of urea groups is 1. The lowest BCUT2D eigenvalue weighted by Crippen LogP contribution is -2.39. The summed E-state index contributed by atoms with van der Waals surface area (Å²) in [6.07, 6.45) is 2.44. The monoisotopic (exact) mass is 405 g/mol. The molecule has 0 atom stereocenters. The number of nitrogens with one attached hydrogen (secondary N) is 1. The molecule has 1 aromatic heterocycles. The molecular formula is C19H24ClN5O3. The maximum Gasteiger partial charge on any atom is 0.321 e. The third-order valence-corrected chi connectivity index (χ3v) is 4.83. The molecule has 1 N–H and O–H groups in total. The van der Waals surface area contributed by atoms with E-state index >= 15 is 0 Å². The molecule has 9 heteroatoms. The molecule has 2 aromatic rings. The van der Waals surface area contributed by atoms with Gasteiger partial charge in [-0.15, -0.1) is 0 Å². The number of hydrogen-bond acceptors (Lipinski definition) is 5. The smallest absolute Gasteiger partial charge is 0.321 e. The van der Waals surface area contributed by atoms with Gasteiger partial charge in [0.1, 0.15) is 0 Å². The highest BCUT2D eigenvalue weighted by Gasteiger charge is 2.22. The molecule has 0 spiro atoms. The number of amides is 3. The number of aromatic nitrogens is 2. The zero-order valence-corrected chi connectivity index (χ0v) is 16.6.